The maximum atomic E-state index is 5.88. The van der Waals surface area contributed by atoms with Gasteiger partial charge in [0.2, 0.25) is 0 Å². The van der Waals surface area contributed by atoms with Gasteiger partial charge < -0.3 is 14.8 Å². The van der Waals surface area contributed by atoms with Gasteiger partial charge in [0.05, 0.1) is 6.61 Å². The lowest BCUT2D eigenvalue weighted by Crippen LogP contribution is -2.27. The first-order valence-corrected chi connectivity index (χ1v) is 6.87. The molecule has 100 valence electrons. The maximum Gasteiger partial charge on any atom is 0.122 e. The molecule has 0 spiro atoms. The topological polar surface area (TPSA) is 30.5 Å². The Bertz CT molecular complexity index is 361. The lowest BCUT2D eigenvalue weighted by Gasteiger charge is -2.10. The molecule has 1 aliphatic rings. The molecule has 5 heteroatoms. The van der Waals surface area contributed by atoms with Crippen molar-refractivity contribution in [3.63, 3.8) is 0 Å². The molecule has 1 atom stereocenters. The Labute approximate surface area is 117 Å². The number of hydrogen-bond acceptors (Lipinski definition) is 3. The molecular formula is C13H17Cl2NO2. The second kappa shape index (κ2) is 7.19. The van der Waals surface area contributed by atoms with E-state index in [1.807, 2.05) is 0 Å². The van der Waals surface area contributed by atoms with E-state index in [-0.39, 0.29) is 0 Å². The van der Waals surface area contributed by atoms with E-state index < -0.39 is 0 Å². The van der Waals surface area contributed by atoms with Gasteiger partial charge in [-0.05, 0) is 30.5 Å². The summed E-state index contributed by atoms with van der Waals surface area (Å²) in [7, 11) is 0. The third-order valence-electron chi connectivity index (χ3n) is 2.84. The van der Waals surface area contributed by atoms with Gasteiger partial charge in [0.15, 0.2) is 0 Å². The molecule has 1 N–H and O–H groups in total. The number of ether oxygens (including phenoxy) is 2. The van der Waals surface area contributed by atoms with Gasteiger partial charge in [0.25, 0.3) is 0 Å². The van der Waals surface area contributed by atoms with Crippen LogP contribution >= 0.6 is 23.2 Å². The average molecular weight is 290 g/mol. The molecule has 1 fully saturated rings. The predicted molar refractivity (Wildman–Crippen MR) is 73.8 cm³/mol. The number of halogens is 2. The van der Waals surface area contributed by atoms with E-state index in [0.717, 1.165) is 32.7 Å². The van der Waals surface area contributed by atoms with Crippen molar-refractivity contribution in [3.05, 3.63) is 28.2 Å². The minimum atomic E-state index is 0.591. The number of rotatable bonds is 6. The van der Waals surface area contributed by atoms with Gasteiger partial charge in [-0.3, -0.25) is 0 Å². The van der Waals surface area contributed by atoms with E-state index in [1.165, 1.54) is 0 Å². The highest BCUT2D eigenvalue weighted by molar-refractivity contribution is 6.34. The highest BCUT2D eigenvalue weighted by Gasteiger charge is 2.14. The summed E-state index contributed by atoms with van der Waals surface area (Å²) in [5.74, 6) is 1.35. The first kappa shape index (κ1) is 13.9. The van der Waals surface area contributed by atoms with Crippen LogP contribution in [-0.4, -0.2) is 32.9 Å². The van der Waals surface area contributed by atoms with Crippen molar-refractivity contribution in [1.29, 1.82) is 0 Å². The van der Waals surface area contributed by atoms with Crippen LogP contribution in [0.4, 0.5) is 0 Å². The van der Waals surface area contributed by atoms with Gasteiger partial charge in [0.1, 0.15) is 12.4 Å². The molecule has 1 aromatic rings. The Morgan fingerprint density at radius 2 is 2.06 bits per heavy atom. The highest BCUT2D eigenvalue weighted by atomic mass is 35.5. The number of benzene rings is 1. The molecule has 18 heavy (non-hydrogen) atoms. The van der Waals surface area contributed by atoms with E-state index in [9.17, 15) is 0 Å². The summed E-state index contributed by atoms with van der Waals surface area (Å²) in [6.07, 6.45) is 1.15. The standard InChI is InChI=1S/C13H17Cl2NO2/c14-11-5-12(15)7-13(6-11)18-4-2-16-8-10-1-3-17-9-10/h5-7,10,16H,1-4,8-9H2. The lowest BCUT2D eigenvalue weighted by atomic mass is 10.1. The fourth-order valence-corrected chi connectivity index (χ4v) is 2.41. The minimum absolute atomic E-state index is 0.591. The third kappa shape index (κ3) is 4.65. The molecule has 3 nitrogen and oxygen atoms in total. The van der Waals surface area contributed by atoms with E-state index in [0.29, 0.717) is 28.3 Å². The van der Waals surface area contributed by atoms with E-state index >= 15 is 0 Å². The van der Waals surface area contributed by atoms with Crippen LogP contribution < -0.4 is 10.1 Å². The Hall–Kier alpha value is -0.480. The molecule has 1 saturated heterocycles. The summed E-state index contributed by atoms with van der Waals surface area (Å²) in [6.45, 7) is 4.16. The summed E-state index contributed by atoms with van der Waals surface area (Å²) in [6, 6.07) is 5.21. The van der Waals surface area contributed by atoms with Crippen LogP contribution in [0.25, 0.3) is 0 Å². The van der Waals surface area contributed by atoms with Crippen LogP contribution in [0.5, 0.6) is 5.75 Å². The van der Waals surface area contributed by atoms with Crippen molar-refractivity contribution in [3.8, 4) is 5.75 Å². The summed E-state index contributed by atoms with van der Waals surface area (Å²) in [4.78, 5) is 0. The molecule has 2 rings (SSSR count). The van der Waals surface area contributed by atoms with Crippen molar-refractivity contribution in [2.45, 2.75) is 6.42 Å². The van der Waals surface area contributed by atoms with Crippen molar-refractivity contribution in [1.82, 2.24) is 5.32 Å². The first-order valence-electron chi connectivity index (χ1n) is 6.11. The molecule has 0 bridgehead atoms. The van der Waals surface area contributed by atoms with Gasteiger partial charge in [-0.1, -0.05) is 23.2 Å². The minimum Gasteiger partial charge on any atom is -0.492 e. The quantitative estimate of drug-likeness (QED) is 0.817. The van der Waals surface area contributed by atoms with Crippen molar-refractivity contribution >= 4 is 23.2 Å². The molecule has 0 aromatic heterocycles. The molecule has 0 saturated carbocycles. The second-order valence-corrected chi connectivity index (χ2v) is 5.26. The predicted octanol–water partition coefficient (Wildman–Crippen LogP) is 3.00. The van der Waals surface area contributed by atoms with Gasteiger partial charge in [-0.25, -0.2) is 0 Å². The van der Waals surface area contributed by atoms with Crippen LogP contribution in [0.1, 0.15) is 6.42 Å². The third-order valence-corrected chi connectivity index (χ3v) is 3.28. The molecule has 0 amide bonds. The highest BCUT2D eigenvalue weighted by Crippen LogP contribution is 2.23. The van der Waals surface area contributed by atoms with Gasteiger partial charge in [-0.15, -0.1) is 0 Å². The smallest absolute Gasteiger partial charge is 0.122 e. The fraction of sp³-hybridized carbons (Fsp3) is 0.538. The number of hydrogen-bond donors (Lipinski definition) is 1. The fourth-order valence-electron chi connectivity index (χ4n) is 1.90. The second-order valence-electron chi connectivity index (χ2n) is 4.39. The van der Waals surface area contributed by atoms with Gasteiger partial charge >= 0.3 is 0 Å². The van der Waals surface area contributed by atoms with Crippen LogP contribution in [-0.2, 0) is 4.74 Å². The largest absolute Gasteiger partial charge is 0.492 e. The van der Waals surface area contributed by atoms with Gasteiger partial charge in [0, 0.05) is 29.7 Å². The van der Waals surface area contributed by atoms with Crippen molar-refractivity contribution in [2.24, 2.45) is 5.92 Å². The Balaban J connectivity index is 1.62. The molecule has 1 aliphatic heterocycles. The van der Waals surface area contributed by atoms with Crippen LogP contribution in [0.15, 0.2) is 18.2 Å². The zero-order chi connectivity index (χ0) is 12.8. The molecule has 0 aliphatic carbocycles. The molecule has 1 heterocycles. The monoisotopic (exact) mass is 289 g/mol. The zero-order valence-electron chi connectivity index (χ0n) is 10.1. The van der Waals surface area contributed by atoms with Gasteiger partial charge in [-0.2, -0.15) is 0 Å². The van der Waals surface area contributed by atoms with Crippen LogP contribution in [0.2, 0.25) is 10.0 Å². The summed E-state index contributed by atoms with van der Waals surface area (Å²) >= 11 is 11.8. The van der Waals surface area contributed by atoms with E-state index in [2.05, 4.69) is 5.32 Å². The Morgan fingerprint density at radius 1 is 1.28 bits per heavy atom. The average Bonchev–Trinajstić information content (AvgIpc) is 2.80. The maximum absolute atomic E-state index is 5.88. The molecule has 1 unspecified atom stereocenters. The molecular weight excluding hydrogens is 273 g/mol. The Morgan fingerprint density at radius 3 is 2.72 bits per heavy atom. The summed E-state index contributed by atoms with van der Waals surface area (Å²) < 4.78 is 10.9. The molecule has 1 aromatic carbocycles. The summed E-state index contributed by atoms with van der Waals surface area (Å²) in [5.41, 5.74) is 0. The summed E-state index contributed by atoms with van der Waals surface area (Å²) in [5, 5.41) is 4.54. The normalized spacial score (nSPS) is 19.1. The first-order chi connectivity index (χ1) is 8.74. The Kier molecular flexibility index (Phi) is 5.57. The SMILES string of the molecule is Clc1cc(Cl)cc(OCCNCC2CCOC2)c1. The van der Waals surface area contributed by atoms with Crippen LogP contribution in [0.3, 0.4) is 0 Å². The van der Waals surface area contributed by atoms with E-state index in [4.69, 9.17) is 32.7 Å². The lowest BCUT2D eigenvalue weighted by molar-refractivity contribution is 0.185. The van der Waals surface area contributed by atoms with Crippen molar-refractivity contribution < 1.29 is 9.47 Å². The van der Waals surface area contributed by atoms with E-state index in [1.54, 1.807) is 18.2 Å². The zero-order valence-corrected chi connectivity index (χ0v) is 11.6. The van der Waals surface area contributed by atoms with Crippen LogP contribution in [0, 0.1) is 5.92 Å². The van der Waals surface area contributed by atoms with Crippen molar-refractivity contribution in [2.75, 3.05) is 32.9 Å². The number of nitrogens with one attached hydrogen (secondary N) is 1. The molecule has 0 radical (unpaired) electrons.